The van der Waals surface area contributed by atoms with Crippen LogP contribution in [0.3, 0.4) is 0 Å². The molecular weight excluding hydrogens is 314 g/mol. The van der Waals surface area contributed by atoms with Crippen LogP contribution in [0, 0.1) is 0 Å². The van der Waals surface area contributed by atoms with Gasteiger partial charge in [-0.25, -0.2) is 0 Å². The highest BCUT2D eigenvalue weighted by Crippen LogP contribution is 2.34. The molecule has 25 heavy (non-hydrogen) atoms. The number of rotatable bonds is 3. The minimum atomic E-state index is -0.493. The zero-order valence-electron chi connectivity index (χ0n) is 15.1. The Morgan fingerprint density at radius 3 is 2.44 bits per heavy atom. The second-order valence-electron chi connectivity index (χ2n) is 7.40. The number of ether oxygens (including phenoxy) is 1. The number of benzene rings is 2. The number of fused-ring (bicyclic) bond motifs is 1. The average Bonchev–Trinajstić information content (AvgIpc) is 2.54. The smallest absolute Gasteiger partial charge is 0.255 e. The second-order valence-corrected chi connectivity index (χ2v) is 7.40. The van der Waals surface area contributed by atoms with Crippen LogP contribution < -0.4 is 10.1 Å². The van der Waals surface area contributed by atoms with E-state index in [2.05, 4.69) is 19.2 Å². The van der Waals surface area contributed by atoms with Crippen LogP contribution in [0.25, 0.3) is 0 Å². The van der Waals surface area contributed by atoms with Gasteiger partial charge in [0, 0.05) is 11.3 Å². The molecule has 1 heterocycles. The summed E-state index contributed by atoms with van der Waals surface area (Å²) in [5.41, 5.74) is 2.40. The lowest BCUT2D eigenvalue weighted by molar-refractivity contribution is 0.0620. The molecule has 0 aromatic heterocycles. The molecule has 4 heteroatoms. The molecule has 0 bridgehead atoms. The molecule has 0 saturated heterocycles. The zero-order chi connectivity index (χ0) is 18.2. The molecule has 0 radical (unpaired) electrons. The highest BCUT2D eigenvalue weighted by molar-refractivity contribution is 6.06. The summed E-state index contributed by atoms with van der Waals surface area (Å²) in [6.45, 7) is 8.01. The molecule has 3 rings (SSSR count). The van der Waals surface area contributed by atoms with Gasteiger partial charge < -0.3 is 10.1 Å². The SMILES string of the molecule is CC(C)c1ccc(C(=O)Nc2ccc3c(c2)C(=O)CC(C)(C)O3)cc1. The zero-order valence-corrected chi connectivity index (χ0v) is 15.1. The Kier molecular flexibility index (Phi) is 4.38. The topological polar surface area (TPSA) is 55.4 Å². The molecular formula is C21H23NO3. The lowest BCUT2D eigenvalue weighted by atomic mass is 9.93. The minimum absolute atomic E-state index is 0.0311. The van der Waals surface area contributed by atoms with Crippen molar-refractivity contribution in [2.45, 2.75) is 45.6 Å². The van der Waals surface area contributed by atoms with Gasteiger partial charge in [0.05, 0.1) is 12.0 Å². The Morgan fingerprint density at radius 1 is 1.12 bits per heavy atom. The lowest BCUT2D eigenvalue weighted by Crippen LogP contribution is -2.35. The number of Topliss-reactive ketones (excluding diaryl/α,β-unsaturated/α-hetero) is 1. The Bertz CT molecular complexity index is 820. The molecule has 0 atom stereocenters. The number of nitrogens with one attached hydrogen (secondary N) is 1. The Balaban J connectivity index is 1.78. The summed E-state index contributed by atoms with van der Waals surface area (Å²) in [5, 5.41) is 2.85. The van der Waals surface area contributed by atoms with E-state index in [0.717, 1.165) is 0 Å². The van der Waals surface area contributed by atoms with Gasteiger partial charge in [0.15, 0.2) is 5.78 Å². The first-order valence-electron chi connectivity index (χ1n) is 8.53. The van der Waals surface area contributed by atoms with Gasteiger partial charge in [0.25, 0.3) is 5.91 Å². The van der Waals surface area contributed by atoms with Crippen LogP contribution in [-0.2, 0) is 0 Å². The van der Waals surface area contributed by atoms with E-state index in [4.69, 9.17) is 4.74 Å². The van der Waals surface area contributed by atoms with Crippen molar-refractivity contribution in [3.05, 3.63) is 59.2 Å². The van der Waals surface area contributed by atoms with Gasteiger partial charge in [-0.2, -0.15) is 0 Å². The predicted octanol–water partition coefficient (Wildman–Crippen LogP) is 4.81. The number of hydrogen-bond donors (Lipinski definition) is 1. The van der Waals surface area contributed by atoms with E-state index < -0.39 is 5.60 Å². The largest absolute Gasteiger partial charge is 0.487 e. The minimum Gasteiger partial charge on any atom is -0.487 e. The van der Waals surface area contributed by atoms with E-state index in [1.54, 1.807) is 18.2 Å². The van der Waals surface area contributed by atoms with Gasteiger partial charge in [0.1, 0.15) is 11.4 Å². The van der Waals surface area contributed by atoms with E-state index in [-0.39, 0.29) is 11.7 Å². The fourth-order valence-corrected chi connectivity index (χ4v) is 2.95. The Labute approximate surface area is 148 Å². The van der Waals surface area contributed by atoms with E-state index in [1.807, 2.05) is 38.1 Å². The molecule has 1 aliphatic rings. The standard InChI is InChI=1S/C21H23NO3/c1-13(2)14-5-7-15(8-6-14)20(24)22-16-9-10-19-17(11-16)18(23)12-21(3,4)25-19/h5-11,13H,12H2,1-4H3,(H,22,24). The van der Waals surface area contributed by atoms with Crippen molar-refractivity contribution in [2.24, 2.45) is 0 Å². The van der Waals surface area contributed by atoms with Crippen LogP contribution in [0.1, 0.15) is 66.3 Å². The maximum absolute atomic E-state index is 12.4. The fourth-order valence-electron chi connectivity index (χ4n) is 2.95. The Hall–Kier alpha value is -2.62. The monoisotopic (exact) mass is 337 g/mol. The first-order chi connectivity index (χ1) is 11.7. The molecule has 0 unspecified atom stereocenters. The average molecular weight is 337 g/mol. The molecule has 130 valence electrons. The summed E-state index contributed by atoms with van der Waals surface area (Å²) in [4.78, 5) is 24.7. The van der Waals surface area contributed by atoms with Gasteiger partial charge in [-0.15, -0.1) is 0 Å². The highest BCUT2D eigenvalue weighted by atomic mass is 16.5. The van der Waals surface area contributed by atoms with Gasteiger partial charge >= 0.3 is 0 Å². The maximum atomic E-state index is 12.4. The molecule has 1 amide bonds. The van der Waals surface area contributed by atoms with E-state index >= 15 is 0 Å². The van der Waals surface area contributed by atoms with Gasteiger partial charge in [-0.05, 0) is 55.7 Å². The summed E-state index contributed by atoms with van der Waals surface area (Å²) in [6, 6.07) is 12.8. The summed E-state index contributed by atoms with van der Waals surface area (Å²) in [6.07, 6.45) is 0.327. The van der Waals surface area contributed by atoms with Crippen molar-refractivity contribution in [3.63, 3.8) is 0 Å². The Morgan fingerprint density at radius 2 is 1.80 bits per heavy atom. The summed E-state index contributed by atoms with van der Waals surface area (Å²) < 4.78 is 5.84. The molecule has 2 aromatic carbocycles. The second kappa shape index (κ2) is 6.36. The van der Waals surface area contributed by atoms with Crippen molar-refractivity contribution in [3.8, 4) is 5.75 Å². The van der Waals surface area contributed by atoms with Crippen molar-refractivity contribution in [2.75, 3.05) is 5.32 Å². The molecule has 2 aromatic rings. The quantitative estimate of drug-likeness (QED) is 0.875. The molecule has 0 fully saturated rings. The number of amides is 1. The van der Waals surface area contributed by atoms with E-state index in [9.17, 15) is 9.59 Å². The third-order valence-corrected chi connectivity index (χ3v) is 4.35. The van der Waals surface area contributed by atoms with Gasteiger partial charge in [-0.1, -0.05) is 26.0 Å². The number of carbonyl (C=O) groups is 2. The van der Waals surface area contributed by atoms with Crippen LogP contribution in [0.5, 0.6) is 5.75 Å². The molecule has 0 spiro atoms. The third kappa shape index (κ3) is 3.73. The first kappa shape index (κ1) is 17.2. The van der Waals surface area contributed by atoms with Crippen molar-refractivity contribution in [1.82, 2.24) is 0 Å². The molecule has 0 aliphatic carbocycles. The van der Waals surface area contributed by atoms with Crippen LogP contribution in [0.2, 0.25) is 0 Å². The van der Waals surface area contributed by atoms with E-state index in [0.29, 0.717) is 34.9 Å². The molecule has 1 N–H and O–H groups in total. The highest BCUT2D eigenvalue weighted by Gasteiger charge is 2.32. The predicted molar refractivity (Wildman–Crippen MR) is 98.6 cm³/mol. The molecule has 4 nitrogen and oxygen atoms in total. The maximum Gasteiger partial charge on any atom is 0.255 e. The summed E-state index contributed by atoms with van der Waals surface area (Å²) in [7, 11) is 0. The van der Waals surface area contributed by atoms with E-state index in [1.165, 1.54) is 5.56 Å². The van der Waals surface area contributed by atoms with Crippen molar-refractivity contribution < 1.29 is 14.3 Å². The van der Waals surface area contributed by atoms with Crippen LogP contribution in [-0.4, -0.2) is 17.3 Å². The van der Waals surface area contributed by atoms with Crippen LogP contribution in [0.15, 0.2) is 42.5 Å². The summed E-state index contributed by atoms with van der Waals surface area (Å²) >= 11 is 0. The van der Waals surface area contributed by atoms with Gasteiger partial charge in [0.2, 0.25) is 0 Å². The first-order valence-corrected chi connectivity index (χ1v) is 8.53. The fraction of sp³-hybridized carbons (Fsp3) is 0.333. The normalized spacial score (nSPS) is 15.5. The lowest BCUT2D eigenvalue weighted by Gasteiger charge is -2.31. The number of anilines is 1. The van der Waals surface area contributed by atoms with Crippen LogP contribution in [0.4, 0.5) is 5.69 Å². The third-order valence-electron chi connectivity index (χ3n) is 4.35. The number of hydrogen-bond acceptors (Lipinski definition) is 3. The number of carbonyl (C=O) groups excluding carboxylic acids is 2. The summed E-state index contributed by atoms with van der Waals surface area (Å²) in [5.74, 6) is 0.831. The van der Waals surface area contributed by atoms with Crippen molar-refractivity contribution in [1.29, 1.82) is 0 Å². The number of ketones is 1. The van der Waals surface area contributed by atoms with Crippen LogP contribution >= 0.6 is 0 Å². The van der Waals surface area contributed by atoms with Gasteiger partial charge in [-0.3, -0.25) is 9.59 Å². The van der Waals surface area contributed by atoms with Crippen molar-refractivity contribution >= 4 is 17.4 Å². The molecule has 1 aliphatic heterocycles. The molecule has 0 saturated carbocycles.